The first-order chi connectivity index (χ1) is 8.48. The predicted octanol–water partition coefficient (Wildman–Crippen LogP) is 2.70. The number of rotatable bonds is 6. The van der Waals surface area contributed by atoms with E-state index < -0.39 is 16.3 Å². The van der Waals surface area contributed by atoms with Gasteiger partial charge in [0.25, 0.3) is 5.69 Å². The van der Waals surface area contributed by atoms with Crippen LogP contribution in [0.3, 0.4) is 0 Å². The van der Waals surface area contributed by atoms with E-state index in [1.165, 1.54) is 0 Å². The number of anilines is 1. The summed E-state index contributed by atoms with van der Waals surface area (Å²) < 4.78 is 13.2. The summed E-state index contributed by atoms with van der Waals surface area (Å²) in [4.78, 5) is 10.3. The van der Waals surface area contributed by atoms with Gasteiger partial charge in [-0.2, -0.15) is 0 Å². The van der Waals surface area contributed by atoms with E-state index in [-0.39, 0.29) is 18.0 Å². The minimum absolute atomic E-state index is 0.0951. The molecule has 0 aromatic heterocycles. The van der Waals surface area contributed by atoms with Crippen molar-refractivity contribution >= 4 is 11.4 Å². The molecule has 0 saturated heterocycles. The van der Waals surface area contributed by atoms with Gasteiger partial charge in [-0.25, -0.2) is 4.39 Å². The molecule has 0 saturated carbocycles. The molecular formula is C12H17FN2O3. The minimum Gasteiger partial charge on any atom is -0.394 e. The molecule has 0 aliphatic heterocycles. The lowest BCUT2D eigenvalue weighted by Gasteiger charge is -2.31. The first-order valence-corrected chi connectivity index (χ1v) is 5.81. The highest BCUT2D eigenvalue weighted by Gasteiger charge is 2.28. The van der Waals surface area contributed by atoms with Crippen molar-refractivity contribution in [2.45, 2.75) is 32.2 Å². The SMILES string of the molecule is CCC(CC)(CO)Nc1cc(F)ccc1[N+](=O)[O-]. The van der Waals surface area contributed by atoms with Crippen molar-refractivity contribution in [2.75, 3.05) is 11.9 Å². The van der Waals surface area contributed by atoms with Crippen LogP contribution in [0.4, 0.5) is 15.8 Å². The fourth-order valence-corrected chi connectivity index (χ4v) is 1.74. The van der Waals surface area contributed by atoms with Crippen LogP contribution in [-0.4, -0.2) is 22.2 Å². The van der Waals surface area contributed by atoms with Gasteiger partial charge in [0.1, 0.15) is 11.5 Å². The lowest BCUT2D eigenvalue weighted by atomic mass is 9.93. The van der Waals surface area contributed by atoms with Gasteiger partial charge in [-0.15, -0.1) is 0 Å². The molecule has 1 rings (SSSR count). The number of hydrogen-bond donors (Lipinski definition) is 2. The third-order valence-corrected chi connectivity index (χ3v) is 3.21. The Morgan fingerprint density at radius 3 is 2.50 bits per heavy atom. The molecule has 5 nitrogen and oxygen atoms in total. The Labute approximate surface area is 105 Å². The molecule has 100 valence electrons. The van der Waals surface area contributed by atoms with Gasteiger partial charge < -0.3 is 10.4 Å². The van der Waals surface area contributed by atoms with Crippen LogP contribution in [0.25, 0.3) is 0 Å². The Bertz CT molecular complexity index is 425. The average Bonchev–Trinajstić information content (AvgIpc) is 2.36. The molecule has 0 heterocycles. The Morgan fingerprint density at radius 2 is 2.06 bits per heavy atom. The quantitative estimate of drug-likeness (QED) is 0.606. The van der Waals surface area contributed by atoms with Crippen molar-refractivity contribution in [1.82, 2.24) is 0 Å². The maximum absolute atomic E-state index is 13.2. The summed E-state index contributed by atoms with van der Waals surface area (Å²) in [6, 6.07) is 3.24. The number of nitro groups is 1. The number of nitro benzene ring substituents is 1. The zero-order valence-corrected chi connectivity index (χ0v) is 10.4. The molecule has 0 spiro atoms. The summed E-state index contributed by atoms with van der Waals surface area (Å²) in [6.45, 7) is 3.55. The second-order valence-corrected chi connectivity index (χ2v) is 4.19. The van der Waals surface area contributed by atoms with Gasteiger partial charge in [-0.1, -0.05) is 13.8 Å². The number of hydrogen-bond acceptors (Lipinski definition) is 4. The predicted molar refractivity (Wildman–Crippen MR) is 67.1 cm³/mol. The van der Waals surface area contributed by atoms with E-state index in [4.69, 9.17) is 0 Å². The van der Waals surface area contributed by atoms with Crippen LogP contribution in [0.15, 0.2) is 18.2 Å². The zero-order valence-electron chi connectivity index (χ0n) is 10.4. The maximum atomic E-state index is 13.2. The van der Waals surface area contributed by atoms with E-state index in [9.17, 15) is 19.6 Å². The van der Waals surface area contributed by atoms with Crippen molar-refractivity contribution < 1.29 is 14.4 Å². The molecule has 0 fully saturated rings. The van der Waals surface area contributed by atoms with Gasteiger partial charge in [-0.3, -0.25) is 10.1 Å². The summed E-state index contributed by atoms with van der Waals surface area (Å²) in [6.07, 6.45) is 1.15. The van der Waals surface area contributed by atoms with Crippen LogP contribution in [0.5, 0.6) is 0 Å². The molecular weight excluding hydrogens is 239 g/mol. The molecule has 0 atom stereocenters. The van der Waals surface area contributed by atoms with Gasteiger partial charge in [0.2, 0.25) is 0 Å². The van der Waals surface area contributed by atoms with E-state index in [0.29, 0.717) is 12.8 Å². The minimum atomic E-state index is -0.668. The average molecular weight is 256 g/mol. The van der Waals surface area contributed by atoms with Gasteiger partial charge >= 0.3 is 0 Å². The molecule has 0 aliphatic rings. The topological polar surface area (TPSA) is 75.4 Å². The second-order valence-electron chi connectivity index (χ2n) is 4.19. The summed E-state index contributed by atoms with van der Waals surface area (Å²) >= 11 is 0. The lowest BCUT2D eigenvalue weighted by Crippen LogP contribution is -2.41. The Hall–Kier alpha value is -1.69. The normalized spacial score (nSPS) is 11.3. The summed E-state index contributed by atoms with van der Waals surface area (Å²) in [5, 5.41) is 23.2. The number of aliphatic hydroxyl groups is 1. The molecule has 1 aromatic carbocycles. The van der Waals surface area contributed by atoms with Crippen molar-refractivity contribution in [3.8, 4) is 0 Å². The van der Waals surface area contributed by atoms with E-state index >= 15 is 0 Å². The van der Waals surface area contributed by atoms with Crippen molar-refractivity contribution in [1.29, 1.82) is 0 Å². The smallest absolute Gasteiger partial charge is 0.292 e. The highest BCUT2D eigenvalue weighted by atomic mass is 19.1. The van der Waals surface area contributed by atoms with E-state index in [1.807, 2.05) is 13.8 Å². The van der Waals surface area contributed by atoms with Crippen molar-refractivity contribution in [2.24, 2.45) is 0 Å². The number of benzene rings is 1. The van der Waals surface area contributed by atoms with Crippen LogP contribution < -0.4 is 5.32 Å². The number of nitrogens with one attached hydrogen (secondary N) is 1. The first-order valence-electron chi connectivity index (χ1n) is 5.81. The maximum Gasteiger partial charge on any atom is 0.292 e. The van der Waals surface area contributed by atoms with Crippen molar-refractivity contribution in [3.63, 3.8) is 0 Å². The Kier molecular flexibility index (Phi) is 4.61. The Balaban J connectivity index is 3.16. The number of nitrogens with zero attached hydrogens (tertiary/aromatic N) is 1. The molecule has 0 aliphatic carbocycles. The first kappa shape index (κ1) is 14.4. The third kappa shape index (κ3) is 2.95. The largest absolute Gasteiger partial charge is 0.394 e. The monoisotopic (exact) mass is 256 g/mol. The van der Waals surface area contributed by atoms with Crippen LogP contribution in [0.1, 0.15) is 26.7 Å². The summed E-state index contributed by atoms with van der Waals surface area (Å²) in [5.41, 5.74) is -0.771. The van der Waals surface area contributed by atoms with Crippen LogP contribution in [-0.2, 0) is 0 Å². The highest BCUT2D eigenvalue weighted by molar-refractivity contribution is 5.62. The van der Waals surface area contributed by atoms with E-state index in [1.54, 1.807) is 0 Å². The van der Waals surface area contributed by atoms with Crippen LogP contribution in [0.2, 0.25) is 0 Å². The van der Waals surface area contributed by atoms with E-state index in [0.717, 1.165) is 18.2 Å². The number of halogens is 1. The standard InChI is InChI=1S/C12H17FN2O3/c1-3-12(4-2,8-16)14-10-7-9(13)5-6-11(10)15(17)18/h5-7,14,16H,3-4,8H2,1-2H3. The number of aliphatic hydroxyl groups excluding tert-OH is 1. The fraction of sp³-hybridized carbons (Fsp3) is 0.500. The summed E-state index contributed by atoms with van der Waals surface area (Å²) in [7, 11) is 0. The van der Waals surface area contributed by atoms with Gasteiger partial charge in [0.15, 0.2) is 0 Å². The lowest BCUT2D eigenvalue weighted by molar-refractivity contribution is -0.384. The molecule has 0 unspecified atom stereocenters. The van der Waals surface area contributed by atoms with Gasteiger partial charge in [-0.05, 0) is 18.9 Å². The molecule has 0 bridgehead atoms. The van der Waals surface area contributed by atoms with Crippen LogP contribution in [0, 0.1) is 15.9 Å². The van der Waals surface area contributed by atoms with Gasteiger partial charge in [0.05, 0.1) is 17.1 Å². The van der Waals surface area contributed by atoms with Gasteiger partial charge in [0, 0.05) is 12.1 Å². The fourth-order valence-electron chi connectivity index (χ4n) is 1.74. The molecule has 2 N–H and O–H groups in total. The molecule has 0 amide bonds. The second kappa shape index (κ2) is 5.77. The van der Waals surface area contributed by atoms with Crippen molar-refractivity contribution in [3.05, 3.63) is 34.1 Å². The van der Waals surface area contributed by atoms with Crippen LogP contribution >= 0.6 is 0 Å². The molecule has 0 radical (unpaired) electrons. The van der Waals surface area contributed by atoms with E-state index in [2.05, 4.69) is 5.32 Å². The molecule has 6 heteroatoms. The Morgan fingerprint density at radius 1 is 1.44 bits per heavy atom. The molecule has 18 heavy (non-hydrogen) atoms. The third-order valence-electron chi connectivity index (χ3n) is 3.21. The summed E-state index contributed by atoms with van der Waals surface area (Å²) in [5.74, 6) is -0.554. The molecule has 1 aromatic rings. The highest BCUT2D eigenvalue weighted by Crippen LogP contribution is 2.30. The zero-order chi connectivity index (χ0) is 13.8.